The number of aromatic nitrogens is 3. The van der Waals surface area contributed by atoms with Crippen LogP contribution in [0.3, 0.4) is 0 Å². The summed E-state index contributed by atoms with van der Waals surface area (Å²) in [6.45, 7) is 8.61. The van der Waals surface area contributed by atoms with Crippen molar-refractivity contribution in [1.82, 2.24) is 14.8 Å². The van der Waals surface area contributed by atoms with Crippen LogP contribution >= 0.6 is 0 Å². The molecule has 0 saturated heterocycles. The molecule has 2 aromatic rings. The SMILES string of the molecule is CCCC(N)c1nnc(S(=O)(=O)Cc2ccc(C)cc2)n1CC(C)C. The number of benzene rings is 1. The Kier molecular flexibility index (Phi) is 6.35. The molecule has 2 N–H and O–H groups in total. The van der Waals surface area contributed by atoms with Gasteiger partial charge in [0.2, 0.25) is 15.0 Å². The van der Waals surface area contributed by atoms with Gasteiger partial charge in [-0.05, 0) is 24.8 Å². The lowest BCUT2D eigenvalue weighted by atomic mass is 10.1. The number of rotatable bonds is 8. The van der Waals surface area contributed by atoms with Gasteiger partial charge in [-0.1, -0.05) is 57.0 Å². The predicted molar refractivity (Wildman–Crippen MR) is 98.8 cm³/mol. The van der Waals surface area contributed by atoms with E-state index in [0.717, 1.165) is 24.0 Å². The van der Waals surface area contributed by atoms with Crippen LogP contribution < -0.4 is 5.73 Å². The second-order valence-electron chi connectivity index (χ2n) is 6.99. The van der Waals surface area contributed by atoms with Crippen molar-refractivity contribution in [3.63, 3.8) is 0 Å². The quantitative estimate of drug-likeness (QED) is 0.777. The summed E-state index contributed by atoms with van der Waals surface area (Å²) in [6.07, 6.45) is 1.65. The van der Waals surface area contributed by atoms with E-state index in [0.29, 0.717) is 12.4 Å². The van der Waals surface area contributed by atoms with Crippen LogP contribution in [0.5, 0.6) is 0 Å². The molecule has 1 aromatic heterocycles. The molecular weight excluding hydrogens is 336 g/mol. The Morgan fingerprint density at radius 2 is 1.80 bits per heavy atom. The highest BCUT2D eigenvalue weighted by molar-refractivity contribution is 7.90. The molecule has 0 radical (unpaired) electrons. The first-order valence-corrected chi connectivity index (χ1v) is 10.4. The van der Waals surface area contributed by atoms with Crippen molar-refractivity contribution in [1.29, 1.82) is 0 Å². The predicted octanol–water partition coefficient (Wildman–Crippen LogP) is 3.02. The normalized spacial score (nSPS) is 13.4. The van der Waals surface area contributed by atoms with Gasteiger partial charge in [0.05, 0.1) is 11.8 Å². The number of sulfone groups is 1. The maximum atomic E-state index is 12.9. The van der Waals surface area contributed by atoms with Crippen LogP contribution in [-0.2, 0) is 22.1 Å². The minimum absolute atomic E-state index is 0.0170. The van der Waals surface area contributed by atoms with Crippen molar-refractivity contribution >= 4 is 9.84 Å². The van der Waals surface area contributed by atoms with Crippen molar-refractivity contribution in [3.8, 4) is 0 Å². The van der Waals surface area contributed by atoms with Crippen LogP contribution in [0.2, 0.25) is 0 Å². The molecule has 25 heavy (non-hydrogen) atoms. The number of hydrogen-bond donors (Lipinski definition) is 1. The van der Waals surface area contributed by atoms with Gasteiger partial charge in [-0.2, -0.15) is 0 Å². The zero-order valence-electron chi connectivity index (χ0n) is 15.4. The largest absolute Gasteiger partial charge is 0.321 e. The number of aryl methyl sites for hydroxylation is 1. The lowest BCUT2D eigenvalue weighted by molar-refractivity contribution is 0.449. The van der Waals surface area contributed by atoms with E-state index in [9.17, 15) is 8.42 Å². The maximum absolute atomic E-state index is 12.9. The summed E-state index contributed by atoms with van der Waals surface area (Å²) < 4.78 is 27.5. The van der Waals surface area contributed by atoms with E-state index in [-0.39, 0.29) is 22.9 Å². The Morgan fingerprint density at radius 1 is 1.16 bits per heavy atom. The van der Waals surface area contributed by atoms with Gasteiger partial charge in [0.25, 0.3) is 0 Å². The van der Waals surface area contributed by atoms with Crippen LogP contribution in [0.25, 0.3) is 0 Å². The lowest BCUT2D eigenvalue weighted by Crippen LogP contribution is -2.21. The van der Waals surface area contributed by atoms with Gasteiger partial charge in [0, 0.05) is 6.54 Å². The van der Waals surface area contributed by atoms with E-state index in [1.165, 1.54) is 0 Å². The Morgan fingerprint density at radius 3 is 2.36 bits per heavy atom. The second-order valence-corrected chi connectivity index (χ2v) is 8.87. The van der Waals surface area contributed by atoms with E-state index >= 15 is 0 Å². The van der Waals surface area contributed by atoms with Crippen LogP contribution in [0, 0.1) is 12.8 Å². The van der Waals surface area contributed by atoms with Crippen molar-refractivity contribution < 1.29 is 8.42 Å². The van der Waals surface area contributed by atoms with Gasteiger partial charge in [0.15, 0.2) is 5.82 Å². The third-order valence-corrected chi connectivity index (χ3v) is 5.55. The fourth-order valence-electron chi connectivity index (χ4n) is 2.75. The first-order valence-electron chi connectivity index (χ1n) is 8.71. The van der Waals surface area contributed by atoms with Gasteiger partial charge >= 0.3 is 0 Å². The first kappa shape index (κ1) is 19.6. The summed E-state index contributed by atoms with van der Waals surface area (Å²) in [6, 6.07) is 7.18. The number of nitrogens with zero attached hydrogens (tertiary/aromatic N) is 3. The van der Waals surface area contributed by atoms with Crippen LogP contribution in [0.15, 0.2) is 29.4 Å². The molecule has 2 rings (SSSR count). The smallest absolute Gasteiger partial charge is 0.250 e. The molecule has 138 valence electrons. The summed E-state index contributed by atoms with van der Waals surface area (Å²) >= 11 is 0. The van der Waals surface area contributed by atoms with E-state index in [4.69, 9.17) is 5.73 Å². The zero-order chi connectivity index (χ0) is 18.6. The van der Waals surface area contributed by atoms with E-state index in [1.54, 1.807) is 4.57 Å². The molecule has 1 atom stereocenters. The summed E-state index contributed by atoms with van der Waals surface area (Å²) in [5.41, 5.74) is 8.02. The summed E-state index contributed by atoms with van der Waals surface area (Å²) in [4.78, 5) is 0. The van der Waals surface area contributed by atoms with Gasteiger partial charge < -0.3 is 10.3 Å². The Hall–Kier alpha value is -1.73. The first-order chi connectivity index (χ1) is 11.7. The average molecular weight is 365 g/mol. The van der Waals surface area contributed by atoms with Crippen LogP contribution in [-0.4, -0.2) is 23.2 Å². The third-order valence-electron chi connectivity index (χ3n) is 3.98. The molecule has 0 aliphatic heterocycles. The van der Waals surface area contributed by atoms with Crippen molar-refractivity contribution in [3.05, 3.63) is 41.2 Å². The molecule has 0 spiro atoms. The third kappa shape index (κ3) is 4.89. The monoisotopic (exact) mass is 364 g/mol. The molecule has 0 amide bonds. The number of nitrogens with two attached hydrogens (primary N) is 1. The standard InChI is InChI=1S/C18H28N4O2S/c1-5-6-16(19)17-20-21-18(22(17)11-13(2)3)25(23,24)12-15-9-7-14(4)8-10-15/h7-10,13,16H,5-6,11-12,19H2,1-4H3. The van der Waals surface area contributed by atoms with E-state index in [2.05, 4.69) is 10.2 Å². The topological polar surface area (TPSA) is 90.9 Å². The highest BCUT2D eigenvalue weighted by Gasteiger charge is 2.27. The molecule has 7 heteroatoms. The highest BCUT2D eigenvalue weighted by Crippen LogP contribution is 2.22. The molecule has 0 aliphatic carbocycles. The van der Waals surface area contributed by atoms with E-state index in [1.807, 2.05) is 52.0 Å². The van der Waals surface area contributed by atoms with E-state index < -0.39 is 9.84 Å². The van der Waals surface area contributed by atoms with Crippen LogP contribution in [0.1, 0.15) is 56.6 Å². The van der Waals surface area contributed by atoms with Crippen LogP contribution in [0.4, 0.5) is 0 Å². The molecule has 6 nitrogen and oxygen atoms in total. The summed E-state index contributed by atoms with van der Waals surface area (Å²) in [7, 11) is -3.60. The minimum atomic E-state index is -3.60. The Balaban J connectivity index is 2.40. The molecule has 0 saturated carbocycles. The lowest BCUT2D eigenvalue weighted by Gasteiger charge is -2.16. The Bertz CT molecular complexity index is 795. The van der Waals surface area contributed by atoms with Crippen molar-refractivity contribution in [2.45, 2.75) is 64.0 Å². The maximum Gasteiger partial charge on any atom is 0.250 e. The molecule has 0 bridgehead atoms. The van der Waals surface area contributed by atoms with Crippen molar-refractivity contribution in [2.75, 3.05) is 0 Å². The minimum Gasteiger partial charge on any atom is -0.321 e. The molecular formula is C18H28N4O2S. The summed E-state index contributed by atoms with van der Waals surface area (Å²) in [5.74, 6) is 0.724. The van der Waals surface area contributed by atoms with Crippen molar-refractivity contribution in [2.24, 2.45) is 11.7 Å². The highest BCUT2D eigenvalue weighted by atomic mass is 32.2. The average Bonchev–Trinajstić information content (AvgIpc) is 2.93. The number of hydrogen-bond acceptors (Lipinski definition) is 5. The van der Waals surface area contributed by atoms with Gasteiger partial charge in [-0.3, -0.25) is 0 Å². The van der Waals surface area contributed by atoms with Gasteiger partial charge in [-0.15, -0.1) is 10.2 Å². The zero-order valence-corrected chi connectivity index (χ0v) is 16.3. The van der Waals surface area contributed by atoms with Gasteiger partial charge in [0.1, 0.15) is 0 Å². The molecule has 0 fully saturated rings. The molecule has 1 aromatic carbocycles. The summed E-state index contributed by atoms with van der Waals surface area (Å²) in [5, 5.41) is 8.14. The van der Waals surface area contributed by atoms with Gasteiger partial charge in [-0.25, -0.2) is 8.42 Å². The molecule has 1 unspecified atom stereocenters. The fraction of sp³-hybridized carbons (Fsp3) is 0.556. The fourth-order valence-corrected chi connectivity index (χ4v) is 4.18. The Labute approximate surface area is 150 Å². The molecule has 0 aliphatic rings. The molecule has 1 heterocycles. The second kappa shape index (κ2) is 8.10.